The lowest BCUT2D eigenvalue weighted by molar-refractivity contribution is -0.123. The van der Waals surface area contributed by atoms with E-state index in [1.54, 1.807) is 7.11 Å². The second-order valence-corrected chi connectivity index (χ2v) is 4.91. The van der Waals surface area contributed by atoms with Crippen molar-refractivity contribution in [3.63, 3.8) is 0 Å². The van der Waals surface area contributed by atoms with Gasteiger partial charge in [-0.1, -0.05) is 0 Å². The summed E-state index contributed by atoms with van der Waals surface area (Å²) in [5.74, 6) is 0.0671. The van der Waals surface area contributed by atoms with Crippen molar-refractivity contribution in [1.29, 1.82) is 0 Å². The highest BCUT2D eigenvalue weighted by molar-refractivity contribution is 5.85. The van der Waals surface area contributed by atoms with Crippen molar-refractivity contribution in [3.8, 4) is 0 Å². The molecular formula is C13H27ClN2O3. The summed E-state index contributed by atoms with van der Waals surface area (Å²) in [7, 11) is 1.72. The number of hydrogen-bond donors (Lipinski definition) is 2. The second kappa shape index (κ2) is 10.4. The summed E-state index contributed by atoms with van der Waals surface area (Å²) in [4.78, 5) is 11.7. The number of nitrogens with one attached hydrogen (secondary N) is 2. The van der Waals surface area contributed by atoms with E-state index < -0.39 is 0 Å². The van der Waals surface area contributed by atoms with Crippen molar-refractivity contribution in [2.45, 2.75) is 26.2 Å². The van der Waals surface area contributed by atoms with Gasteiger partial charge in [-0.15, -0.1) is 12.4 Å². The third-order valence-corrected chi connectivity index (χ3v) is 3.45. The van der Waals surface area contributed by atoms with Gasteiger partial charge in [0, 0.05) is 32.1 Å². The first-order chi connectivity index (χ1) is 8.72. The Labute approximate surface area is 122 Å². The molecule has 5 nitrogen and oxygen atoms in total. The molecule has 1 aliphatic rings. The number of piperidine rings is 1. The molecule has 0 saturated carbocycles. The standard InChI is InChI=1S/C13H26N2O3.ClH/c1-3-18-9-4-12(16)15-10-13(11-17-2)5-7-14-8-6-13;/h14H,3-11H2,1-2H3,(H,15,16);1H. The number of halogens is 1. The fourth-order valence-electron chi connectivity index (χ4n) is 2.32. The van der Waals surface area contributed by atoms with E-state index in [4.69, 9.17) is 9.47 Å². The lowest BCUT2D eigenvalue weighted by Crippen LogP contribution is -2.47. The van der Waals surface area contributed by atoms with Gasteiger partial charge in [-0.3, -0.25) is 4.79 Å². The van der Waals surface area contributed by atoms with Gasteiger partial charge in [0.25, 0.3) is 0 Å². The molecule has 0 atom stereocenters. The normalized spacial score (nSPS) is 17.6. The lowest BCUT2D eigenvalue weighted by Gasteiger charge is -2.37. The zero-order valence-corrected chi connectivity index (χ0v) is 12.8. The average molecular weight is 295 g/mol. The summed E-state index contributed by atoms with van der Waals surface area (Å²) in [6.45, 7) is 6.50. The Kier molecular flexibility index (Phi) is 10.2. The van der Waals surface area contributed by atoms with Gasteiger partial charge in [0.2, 0.25) is 5.91 Å². The van der Waals surface area contributed by atoms with Gasteiger partial charge < -0.3 is 20.1 Å². The van der Waals surface area contributed by atoms with E-state index in [9.17, 15) is 4.79 Å². The summed E-state index contributed by atoms with van der Waals surface area (Å²) >= 11 is 0. The zero-order valence-electron chi connectivity index (χ0n) is 12.0. The van der Waals surface area contributed by atoms with Gasteiger partial charge in [0.15, 0.2) is 0 Å². The van der Waals surface area contributed by atoms with Crippen molar-refractivity contribution in [1.82, 2.24) is 10.6 Å². The molecule has 0 aromatic rings. The Balaban J connectivity index is 0.00000324. The fraction of sp³-hybridized carbons (Fsp3) is 0.923. The molecule has 0 radical (unpaired) electrons. The number of methoxy groups -OCH3 is 1. The Morgan fingerprint density at radius 2 is 2.05 bits per heavy atom. The van der Waals surface area contributed by atoms with Crippen molar-refractivity contribution >= 4 is 18.3 Å². The second-order valence-electron chi connectivity index (χ2n) is 4.91. The Morgan fingerprint density at radius 3 is 2.63 bits per heavy atom. The molecular weight excluding hydrogens is 268 g/mol. The van der Waals surface area contributed by atoms with Crippen LogP contribution in [0.15, 0.2) is 0 Å². The van der Waals surface area contributed by atoms with E-state index in [1.807, 2.05) is 6.92 Å². The third kappa shape index (κ3) is 7.11. The van der Waals surface area contributed by atoms with Gasteiger partial charge in [-0.05, 0) is 32.9 Å². The van der Waals surface area contributed by atoms with E-state index in [1.165, 1.54) is 0 Å². The number of amides is 1. The van der Waals surface area contributed by atoms with E-state index in [0.717, 1.165) is 25.9 Å². The molecule has 0 spiro atoms. The molecule has 1 saturated heterocycles. The van der Waals surface area contributed by atoms with Gasteiger partial charge in [-0.2, -0.15) is 0 Å². The first-order valence-corrected chi connectivity index (χ1v) is 6.76. The minimum absolute atomic E-state index is 0. The lowest BCUT2D eigenvalue weighted by atomic mass is 9.79. The van der Waals surface area contributed by atoms with Crippen LogP contribution in [0.3, 0.4) is 0 Å². The molecule has 1 aliphatic heterocycles. The van der Waals surface area contributed by atoms with Crippen LogP contribution in [0.25, 0.3) is 0 Å². The Bertz CT molecular complexity index is 241. The van der Waals surface area contributed by atoms with Crippen LogP contribution in [0, 0.1) is 5.41 Å². The fourth-order valence-corrected chi connectivity index (χ4v) is 2.32. The number of ether oxygens (including phenoxy) is 2. The predicted molar refractivity (Wildman–Crippen MR) is 77.8 cm³/mol. The van der Waals surface area contributed by atoms with Crippen LogP contribution in [0.1, 0.15) is 26.2 Å². The maximum Gasteiger partial charge on any atom is 0.222 e. The molecule has 2 N–H and O–H groups in total. The van der Waals surface area contributed by atoms with Crippen molar-refractivity contribution in [2.24, 2.45) is 5.41 Å². The van der Waals surface area contributed by atoms with E-state index in [-0.39, 0.29) is 23.7 Å². The number of hydrogen-bond acceptors (Lipinski definition) is 4. The van der Waals surface area contributed by atoms with Crippen LogP contribution in [-0.2, 0) is 14.3 Å². The third-order valence-electron chi connectivity index (χ3n) is 3.45. The minimum atomic E-state index is 0. The summed E-state index contributed by atoms with van der Waals surface area (Å²) in [6, 6.07) is 0. The maximum absolute atomic E-state index is 11.7. The SMILES string of the molecule is CCOCCC(=O)NCC1(COC)CCNCC1.Cl. The quantitative estimate of drug-likeness (QED) is 0.655. The highest BCUT2D eigenvalue weighted by Gasteiger charge is 2.32. The minimum Gasteiger partial charge on any atom is -0.384 e. The molecule has 1 rings (SSSR count). The molecule has 0 aromatic carbocycles. The van der Waals surface area contributed by atoms with E-state index in [0.29, 0.717) is 32.8 Å². The van der Waals surface area contributed by atoms with Gasteiger partial charge in [0.1, 0.15) is 0 Å². The summed E-state index contributed by atoms with van der Waals surface area (Å²) < 4.78 is 10.5. The monoisotopic (exact) mass is 294 g/mol. The molecule has 19 heavy (non-hydrogen) atoms. The molecule has 0 bridgehead atoms. The van der Waals surface area contributed by atoms with Crippen LogP contribution in [-0.4, -0.2) is 52.5 Å². The number of carbonyl (C=O) groups excluding carboxylic acids is 1. The molecule has 1 heterocycles. The Morgan fingerprint density at radius 1 is 1.37 bits per heavy atom. The Hall–Kier alpha value is -0.360. The largest absolute Gasteiger partial charge is 0.384 e. The maximum atomic E-state index is 11.7. The van der Waals surface area contributed by atoms with Crippen LogP contribution in [0.4, 0.5) is 0 Å². The molecule has 6 heteroatoms. The number of rotatable bonds is 8. The molecule has 0 aliphatic carbocycles. The molecule has 0 unspecified atom stereocenters. The van der Waals surface area contributed by atoms with Crippen LogP contribution in [0.5, 0.6) is 0 Å². The first-order valence-electron chi connectivity index (χ1n) is 6.76. The first kappa shape index (κ1) is 18.6. The van der Waals surface area contributed by atoms with Gasteiger partial charge in [-0.25, -0.2) is 0 Å². The van der Waals surface area contributed by atoms with Crippen molar-refractivity contribution in [3.05, 3.63) is 0 Å². The summed E-state index contributed by atoms with van der Waals surface area (Å²) in [6.07, 6.45) is 2.54. The summed E-state index contributed by atoms with van der Waals surface area (Å²) in [5, 5.41) is 6.35. The highest BCUT2D eigenvalue weighted by Crippen LogP contribution is 2.28. The van der Waals surface area contributed by atoms with Crippen LogP contribution >= 0.6 is 12.4 Å². The smallest absolute Gasteiger partial charge is 0.222 e. The summed E-state index contributed by atoms with van der Waals surface area (Å²) in [5.41, 5.74) is 0.0985. The van der Waals surface area contributed by atoms with Crippen molar-refractivity contribution in [2.75, 3.05) is 46.6 Å². The average Bonchev–Trinajstić information content (AvgIpc) is 2.38. The molecule has 1 amide bonds. The van der Waals surface area contributed by atoms with Crippen LogP contribution < -0.4 is 10.6 Å². The van der Waals surface area contributed by atoms with Crippen LogP contribution in [0.2, 0.25) is 0 Å². The van der Waals surface area contributed by atoms with Crippen molar-refractivity contribution < 1.29 is 14.3 Å². The van der Waals surface area contributed by atoms with Gasteiger partial charge in [0.05, 0.1) is 13.2 Å². The van der Waals surface area contributed by atoms with E-state index in [2.05, 4.69) is 10.6 Å². The number of carbonyl (C=O) groups is 1. The van der Waals surface area contributed by atoms with E-state index >= 15 is 0 Å². The van der Waals surface area contributed by atoms with Gasteiger partial charge >= 0.3 is 0 Å². The predicted octanol–water partition coefficient (Wildman–Crippen LogP) is 0.967. The molecule has 0 aromatic heterocycles. The highest BCUT2D eigenvalue weighted by atomic mass is 35.5. The topological polar surface area (TPSA) is 59.6 Å². The zero-order chi connectivity index (χ0) is 13.3. The molecule has 114 valence electrons. The molecule has 1 fully saturated rings.